The van der Waals surface area contributed by atoms with Gasteiger partial charge in [0.25, 0.3) is 0 Å². The molecule has 0 aliphatic rings. The van der Waals surface area contributed by atoms with Crippen molar-refractivity contribution in [1.29, 1.82) is 0 Å². The number of hydrogen-bond acceptors (Lipinski definition) is 3. The van der Waals surface area contributed by atoms with Crippen LogP contribution in [-0.4, -0.2) is 28.2 Å². The van der Waals surface area contributed by atoms with Crippen LogP contribution in [-0.2, 0) is 11.2 Å². The van der Waals surface area contributed by atoms with Crippen LogP contribution in [0.1, 0.15) is 15.9 Å². The van der Waals surface area contributed by atoms with Crippen LogP contribution in [0.5, 0.6) is 0 Å². The fourth-order valence-electron chi connectivity index (χ4n) is 2.05. The fourth-order valence-corrected chi connectivity index (χ4v) is 2.05. The Balaban J connectivity index is 2.31. The molecule has 0 amide bonds. The van der Waals surface area contributed by atoms with Gasteiger partial charge in [-0.2, -0.15) is 0 Å². The molecule has 0 aliphatic heterocycles. The Labute approximate surface area is 121 Å². The van der Waals surface area contributed by atoms with E-state index in [0.717, 1.165) is 16.7 Å². The minimum Gasteiger partial charge on any atom is -0.480 e. The second-order valence-corrected chi connectivity index (χ2v) is 4.74. The zero-order valence-corrected chi connectivity index (χ0v) is 11.2. The minimum atomic E-state index is -1.05. The largest absolute Gasteiger partial charge is 0.480 e. The van der Waals surface area contributed by atoms with Crippen LogP contribution < -0.4 is 5.73 Å². The first-order chi connectivity index (χ1) is 9.97. The summed E-state index contributed by atoms with van der Waals surface area (Å²) >= 11 is 0. The van der Waals surface area contributed by atoms with Crippen LogP contribution >= 0.6 is 0 Å². The second kappa shape index (κ2) is 6.19. The third-order valence-electron chi connectivity index (χ3n) is 3.14. The third kappa shape index (κ3) is 3.67. The molecule has 0 saturated carbocycles. The standard InChI is InChI=1S/C16H15NO4/c17-14(16(20)21)8-10-3-1-4-11(7-10)12-5-2-6-13(9-12)15(18)19/h1-7,9,14H,8,17H2,(H,18,19)(H,20,21)/t14-/m0/s1. The van der Waals surface area contributed by atoms with Crippen molar-refractivity contribution in [1.82, 2.24) is 0 Å². The molecule has 0 bridgehead atoms. The van der Waals surface area contributed by atoms with Gasteiger partial charge in [0.2, 0.25) is 0 Å². The van der Waals surface area contributed by atoms with Crippen LogP contribution in [0, 0.1) is 0 Å². The molecule has 0 spiro atoms. The molecule has 21 heavy (non-hydrogen) atoms. The van der Waals surface area contributed by atoms with E-state index in [2.05, 4.69) is 0 Å². The van der Waals surface area contributed by atoms with Gasteiger partial charge in [-0.15, -0.1) is 0 Å². The molecule has 2 aromatic carbocycles. The van der Waals surface area contributed by atoms with Crippen molar-refractivity contribution < 1.29 is 19.8 Å². The van der Waals surface area contributed by atoms with Gasteiger partial charge in [0.05, 0.1) is 5.56 Å². The first-order valence-corrected chi connectivity index (χ1v) is 6.38. The Bertz CT molecular complexity index is 681. The lowest BCUT2D eigenvalue weighted by atomic mass is 9.98. The number of carboxylic acid groups (broad SMARTS) is 2. The van der Waals surface area contributed by atoms with Crippen molar-refractivity contribution in [2.24, 2.45) is 5.73 Å². The molecule has 2 rings (SSSR count). The number of nitrogens with two attached hydrogens (primary N) is 1. The zero-order chi connectivity index (χ0) is 15.4. The van der Waals surface area contributed by atoms with E-state index in [-0.39, 0.29) is 12.0 Å². The average Bonchev–Trinajstić information content (AvgIpc) is 2.47. The van der Waals surface area contributed by atoms with E-state index in [1.807, 2.05) is 18.2 Å². The quantitative estimate of drug-likeness (QED) is 0.780. The first kappa shape index (κ1) is 14.7. The lowest BCUT2D eigenvalue weighted by Crippen LogP contribution is -2.32. The minimum absolute atomic E-state index is 0.208. The summed E-state index contributed by atoms with van der Waals surface area (Å²) in [6, 6.07) is 12.9. The molecule has 0 unspecified atom stereocenters. The summed E-state index contributed by atoms with van der Waals surface area (Å²) in [7, 11) is 0. The van der Waals surface area contributed by atoms with Crippen LogP contribution in [0.25, 0.3) is 11.1 Å². The number of carbonyl (C=O) groups is 2. The Kier molecular flexibility index (Phi) is 4.35. The molecular weight excluding hydrogens is 270 g/mol. The Morgan fingerprint density at radius 1 is 1.00 bits per heavy atom. The van der Waals surface area contributed by atoms with Gasteiger partial charge < -0.3 is 15.9 Å². The first-order valence-electron chi connectivity index (χ1n) is 6.38. The second-order valence-electron chi connectivity index (χ2n) is 4.74. The topological polar surface area (TPSA) is 101 Å². The Morgan fingerprint density at radius 3 is 2.24 bits per heavy atom. The highest BCUT2D eigenvalue weighted by molar-refractivity contribution is 5.89. The van der Waals surface area contributed by atoms with Gasteiger partial charge in [0.15, 0.2) is 0 Å². The van der Waals surface area contributed by atoms with Crippen molar-refractivity contribution >= 4 is 11.9 Å². The molecular formula is C16H15NO4. The van der Waals surface area contributed by atoms with Gasteiger partial charge in [-0.3, -0.25) is 4.79 Å². The van der Waals surface area contributed by atoms with E-state index in [1.165, 1.54) is 6.07 Å². The summed E-state index contributed by atoms with van der Waals surface area (Å²) in [6.45, 7) is 0. The van der Waals surface area contributed by atoms with Gasteiger partial charge >= 0.3 is 11.9 Å². The molecule has 2 aromatic rings. The van der Waals surface area contributed by atoms with Gasteiger partial charge in [-0.25, -0.2) is 4.79 Å². The molecule has 0 aliphatic carbocycles. The lowest BCUT2D eigenvalue weighted by Gasteiger charge is -2.09. The van der Waals surface area contributed by atoms with E-state index in [9.17, 15) is 9.59 Å². The van der Waals surface area contributed by atoms with Crippen molar-refractivity contribution in [2.45, 2.75) is 12.5 Å². The number of rotatable bonds is 5. The average molecular weight is 285 g/mol. The van der Waals surface area contributed by atoms with Crippen molar-refractivity contribution in [3.63, 3.8) is 0 Å². The highest BCUT2D eigenvalue weighted by Crippen LogP contribution is 2.22. The molecule has 5 heteroatoms. The Morgan fingerprint density at radius 2 is 1.62 bits per heavy atom. The molecule has 0 saturated heterocycles. The maximum atomic E-state index is 11.0. The summed E-state index contributed by atoms with van der Waals surface area (Å²) in [5, 5.41) is 17.8. The smallest absolute Gasteiger partial charge is 0.335 e. The van der Waals surface area contributed by atoms with Gasteiger partial charge in [0, 0.05) is 0 Å². The molecule has 1 atom stereocenters. The van der Waals surface area contributed by atoms with Crippen molar-refractivity contribution in [3.8, 4) is 11.1 Å². The number of hydrogen-bond donors (Lipinski definition) is 3. The fraction of sp³-hybridized carbons (Fsp3) is 0.125. The Hall–Kier alpha value is -2.66. The predicted molar refractivity (Wildman–Crippen MR) is 78.2 cm³/mol. The summed E-state index contributed by atoms with van der Waals surface area (Å²) < 4.78 is 0. The highest BCUT2D eigenvalue weighted by atomic mass is 16.4. The van der Waals surface area contributed by atoms with E-state index in [0.29, 0.717) is 0 Å². The number of carboxylic acids is 2. The number of aliphatic carboxylic acids is 1. The van der Waals surface area contributed by atoms with E-state index in [4.69, 9.17) is 15.9 Å². The van der Waals surface area contributed by atoms with Crippen LogP contribution in [0.4, 0.5) is 0 Å². The maximum Gasteiger partial charge on any atom is 0.335 e. The van der Waals surface area contributed by atoms with Crippen LogP contribution in [0.3, 0.4) is 0 Å². The van der Waals surface area contributed by atoms with Gasteiger partial charge in [-0.1, -0.05) is 36.4 Å². The maximum absolute atomic E-state index is 11.0. The van der Waals surface area contributed by atoms with Gasteiger partial charge in [-0.05, 0) is 35.2 Å². The monoisotopic (exact) mass is 285 g/mol. The summed E-state index contributed by atoms with van der Waals surface area (Å²) in [5.74, 6) is -2.03. The molecule has 0 heterocycles. The molecule has 5 nitrogen and oxygen atoms in total. The van der Waals surface area contributed by atoms with Crippen molar-refractivity contribution in [2.75, 3.05) is 0 Å². The summed E-state index contributed by atoms with van der Waals surface area (Å²) in [6.07, 6.45) is 0.224. The van der Waals surface area contributed by atoms with Crippen molar-refractivity contribution in [3.05, 3.63) is 59.7 Å². The summed E-state index contributed by atoms with van der Waals surface area (Å²) in [5.41, 5.74) is 8.12. The van der Waals surface area contributed by atoms with E-state index in [1.54, 1.807) is 24.3 Å². The lowest BCUT2D eigenvalue weighted by molar-refractivity contribution is -0.138. The predicted octanol–water partition coefficient (Wildman–Crippen LogP) is 2.01. The summed E-state index contributed by atoms with van der Waals surface area (Å²) in [4.78, 5) is 21.8. The number of aromatic carboxylic acids is 1. The highest BCUT2D eigenvalue weighted by Gasteiger charge is 2.12. The molecule has 0 radical (unpaired) electrons. The van der Waals surface area contributed by atoms with Crippen LogP contribution in [0.2, 0.25) is 0 Å². The molecule has 108 valence electrons. The third-order valence-corrected chi connectivity index (χ3v) is 3.14. The van der Waals surface area contributed by atoms with Crippen LogP contribution in [0.15, 0.2) is 48.5 Å². The number of benzene rings is 2. The normalized spacial score (nSPS) is 11.9. The van der Waals surface area contributed by atoms with E-state index < -0.39 is 18.0 Å². The van der Waals surface area contributed by atoms with E-state index >= 15 is 0 Å². The van der Waals surface area contributed by atoms with Gasteiger partial charge in [0.1, 0.15) is 6.04 Å². The molecule has 0 fully saturated rings. The molecule has 0 aromatic heterocycles. The molecule has 4 N–H and O–H groups in total. The zero-order valence-electron chi connectivity index (χ0n) is 11.2. The SMILES string of the molecule is N[C@@H](Cc1cccc(-c2cccc(C(=O)O)c2)c1)C(=O)O.